The Balaban J connectivity index is 1.90. The van der Waals surface area contributed by atoms with E-state index < -0.39 is 16.0 Å². The molecule has 0 spiro atoms. The maximum absolute atomic E-state index is 12.5. The molecule has 1 aliphatic rings. The second-order valence-corrected chi connectivity index (χ2v) is 8.66. The number of rotatable bonds is 8. The summed E-state index contributed by atoms with van der Waals surface area (Å²) in [5.41, 5.74) is 0.905. The molecule has 0 radical (unpaired) electrons. The van der Waals surface area contributed by atoms with Crippen LogP contribution in [0.1, 0.15) is 38.7 Å². The molecule has 0 aromatic heterocycles. The zero-order chi connectivity index (χ0) is 20.0. The number of piperidine rings is 1. The van der Waals surface area contributed by atoms with Crippen molar-refractivity contribution in [1.29, 1.82) is 0 Å². The fourth-order valence-electron chi connectivity index (χ4n) is 3.33. The molecule has 1 fully saturated rings. The molecule has 8 heteroatoms. The van der Waals surface area contributed by atoms with Crippen LogP contribution in [0.4, 0.5) is 0 Å². The molecule has 1 aromatic carbocycles. The number of sulfonamides is 1. The number of likely N-dealkylation sites (tertiary alicyclic amines) is 1. The Labute approximate surface area is 161 Å². The van der Waals surface area contributed by atoms with Crippen molar-refractivity contribution < 1.29 is 23.1 Å². The number of hydrogen-bond donors (Lipinski definition) is 1. The molecule has 7 nitrogen and oxygen atoms in total. The molecule has 1 heterocycles. The third-order valence-electron chi connectivity index (χ3n) is 5.09. The van der Waals surface area contributed by atoms with Gasteiger partial charge in [-0.1, -0.05) is 26.0 Å². The summed E-state index contributed by atoms with van der Waals surface area (Å²) in [6, 6.07) is 6.68. The van der Waals surface area contributed by atoms with Crippen molar-refractivity contribution in [2.24, 2.45) is 5.92 Å². The van der Waals surface area contributed by atoms with Crippen LogP contribution in [0, 0.1) is 5.92 Å². The van der Waals surface area contributed by atoms with Gasteiger partial charge >= 0.3 is 5.97 Å². The van der Waals surface area contributed by atoms with E-state index in [9.17, 15) is 18.0 Å². The Morgan fingerprint density at radius 2 is 1.67 bits per heavy atom. The van der Waals surface area contributed by atoms with Crippen LogP contribution in [0.3, 0.4) is 0 Å². The minimum atomic E-state index is -3.47. The molecule has 0 saturated carbocycles. The normalized spacial score (nSPS) is 15.9. The highest BCUT2D eigenvalue weighted by molar-refractivity contribution is 7.89. The highest BCUT2D eigenvalue weighted by Crippen LogP contribution is 2.19. The molecule has 0 bridgehead atoms. The van der Waals surface area contributed by atoms with Gasteiger partial charge < -0.3 is 10.0 Å². The molecule has 1 aromatic rings. The number of aliphatic carboxylic acids is 1. The standard InChI is InChI=1S/C19H28N2O5S/c1-3-21(4-2)27(25,26)17-8-5-15(6-9-17)7-10-18(22)20-13-11-16(12-14-20)19(23)24/h5-6,8-9,16H,3-4,7,10-14H2,1-2H3,(H,23,24). The van der Waals surface area contributed by atoms with Crippen molar-refractivity contribution in [3.8, 4) is 0 Å². The first-order valence-electron chi connectivity index (χ1n) is 9.39. The van der Waals surface area contributed by atoms with Gasteiger partial charge in [0.05, 0.1) is 10.8 Å². The summed E-state index contributed by atoms with van der Waals surface area (Å²) in [5.74, 6) is -1.13. The number of amides is 1. The molecule has 1 N–H and O–H groups in total. The number of carboxylic acids is 1. The van der Waals surface area contributed by atoms with Crippen LogP contribution in [-0.2, 0) is 26.0 Å². The Bertz CT molecular complexity index is 749. The Morgan fingerprint density at radius 3 is 2.15 bits per heavy atom. The van der Waals surface area contributed by atoms with Gasteiger partial charge in [0.15, 0.2) is 0 Å². The fraction of sp³-hybridized carbons (Fsp3) is 0.579. The third-order valence-corrected chi connectivity index (χ3v) is 7.16. The largest absolute Gasteiger partial charge is 0.481 e. The van der Waals surface area contributed by atoms with Gasteiger partial charge in [-0.3, -0.25) is 9.59 Å². The summed E-state index contributed by atoms with van der Waals surface area (Å²) < 4.78 is 26.4. The van der Waals surface area contributed by atoms with Crippen molar-refractivity contribution in [2.45, 2.75) is 44.4 Å². The predicted octanol–water partition coefficient (Wildman–Crippen LogP) is 1.97. The average Bonchev–Trinajstić information content (AvgIpc) is 2.67. The topological polar surface area (TPSA) is 95.0 Å². The van der Waals surface area contributed by atoms with Gasteiger partial charge in [-0.2, -0.15) is 4.31 Å². The van der Waals surface area contributed by atoms with Crippen LogP contribution in [0.25, 0.3) is 0 Å². The molecule has 2 rings (SSSR count). The lowest BCUT2D eigenvalue weighted by molar-refractivity contribution is -0.145. The number of hydrogen-bond acceptors (Lipinski definition) is 4. The van der Waals surface area contributed by atoms with E-state index in [2.05, 4.69) is 0 Å². The zero-order valence-electron chi connectivity index (χ0n) is 15.9. The molecule has 0 aliphatic carbocycles. The molecule has 1 amide bonds. The van der Waals surface area contributed by atoms with Crippen molar-refractivity contribution >= 4 is 21.9 Å². The number of carbonyl (C=O) groups is 2. The van der Waals surface area contributed by atoms with Crippen LogP contribution in [0.2, 0.25) is 0 Å². The minimum absolute atomic E-state index is 0.0127. The number of carboxylic acid groups (broad SMARTS) is 1. The first-order chi connectivity index (χ1) is 12.8. The molecule has 1 aliphatic heterocycles. The summed E-state index contributed by atoms with van der Waals surface area (Å²) >= 11 is 0. The van der Waals surface area contributed by atoms with Crippen LogP contribution >= 0.6 is 0 Å². The van der Waals surface area contributed by atoms with Gasteiger partial charge in [0, 0.05) is 32.6 Å². The van der Waals surface area contributed by atoms with Crippen molar-refractivity contribution in [1.82, 2.24) is 9.21 Å². The van der Waals surface area contributed by atoms with Crippen LogP contribution in [0.5, 0.6) is 0 Å². The maximum atomic E-state index is 12.5. The fourth-order valence-corrected chi connectivity index (χ4v) is 4.78. The van der Waals surface area contributed by atoms with Crippen LogP contribution < -0.4 is 0 Å². The van der Waals surface area contributed by atoms with Crippen molar-refractivity contribution in [3.63, 3.8) is 0 Å². The Morgan fingerprint density at radius 1 is 1.11 bits per heavy atom. The van der Waals surface area contributed by atoms with Gasteiger partial charge in [0.25, 0.3) is 0 Å². The quantitative estimate of drug-likeness (QED) is 0.725. The predicted molar refractivity (Wildman–Crippen MR) is 102 cm³/mol. The third kappa shape index (κ3) is 5.29. The highest BCUT2D eigenvalue weighted by atomic mass is 32.2. The monoisotopic (exact) mass is 396 g/mol. The van der Waals surface area contributed by atoms with Gasteiger partial charge in [-0.05, 0) is 37.0 Å². The van der Waals surface area contributed by atoms with Gasteiger partial charge in [-0.15, -0.1) is 0 Å². The molecule has 1 saturated heterocycles. The molecule has 0 atom stereocenters. The lowest BCUT2D eigenvalue weighted by atomic mass is 9.96. The molecular weight excluding hydrogens is 368 g/mol. The van der Waals surface area contributed by atoms with E-state index in [1.165, 1.54) is 4.31 Å². The zero-order valence-corrected chi connectivity index (χ0v) is 16.7. The first-order valence-corrected chi connectivity index (χ1v) is 10.8. The highest BCUT2D eigenvalue weighted by Gasteiger charge is 2.26. The Hall–Kier alpha value is -1.93. The van der Waals surface area contributed by atoms with Gasteiger partial charge in [0.1, 0.15) is 0 Å². The van der Waals surface area contributed by atoms with Gasteiger partial charge in [-0.25, -0.2) is 8.42 Å². The van der Waals surface area contributed by atoms with E-state index in [1.807, 2.05) is 0 Å². The SMILES string of the molecule is CCN(CC)S(=O)(=O)c1ccc(CCC(=O)N2CCC(C(=O)O)CC2)cc1. The second kappa shape index (κ2) is 9.32. The lowest BCUT2D eigenvalue weighted by Crippen LogP contribution is -2.40. The Kier molecular flexibility index (Phi) is 7.38. The summed E-state index contributed by atoms with van der Waals surface area (Å²) in [4.78, 5) is 25.3. The van der Waals surface area contributed by atoms with E-state index in [0.29, 0.717) is 51.9 Å². The lowest BCUT2D eigenvalue weighted by Gasteiger charge is -2.30. The molecule has 0 unspecified atom stereocenters. The molecular formula is C19H28N2O5S. The number of benzene rings is 1. The number of aryl methyl sites for hydroxylation is 1. The molecule has 150 valence electrons. The molecule has 27 heavy (non-hydrogen) atoms. The van der Waals surface area contributed by atoms with Crippen molar-refractivity contribution in [2.75, 3.05) is 26.2 Å². The summed E-state index contributed by atoms with van der Waals surface area (Å²) in [5, 5.41) is 9.01. The minimum Gasteiger partial charge on any atom is -0.481 e. The van der Waals surface area contributed by atoms with Crippen LogP contribution in [0.15, 0.2) is 29.2 Å². The van der Waals surface area contributed by atoms with E-state index >= 15 is 0 Å². The average molecular weight is 397 g/mol. The van der Waals surface area contributed by atoms with E-state index in [1.54, 1.807) is 43.0 Å². The van der Waals surface area contributed by atoms with E-state index in [0.717, 1.165) is 5.56 Å². The van der Waals surface area contributed by atoms with Gasteiger partial charge in [0.2, 0.25) is 15.9 Å². The van der Waals surface area contributed by atoms with Crippen molar-refractivity contribution in [3.05, 3.63) is 29.8 Å². The second-order valence-electron chi connectivity index (χ2n) is 6.73. The summed E-state index contributed by atoms with van der Waals surface area (Å²) in [7, 11) is -3.47. The summed E-state index contributed by atoms with van der Waals surface area (Å²) in [6.07, 6.45) is 1.86. The maximum Gasteiger partial charge on any atom is 0.306 e. The number of carbonyl (C=O) groups excluding carboxylic acids is 1. The number of nitrogens with zero attached hydrogens (tertiary/aromatic N) is 2. The van der Waals surface area contributed by atoms with E-state index in [4.69, 9.17) is 5.11 Å². The smallest absolute Gasteiger partial charge is 0.306 e. The van der Waals surface area contributed by atoms with E-state index in [-0.39, 0.29) is 16.7 Å². The summed E-state index contributed by atoms with van der Waals surface area (Å²) in [6.45, 7) is 5.43. The van der Waals surface area contributed by atoms with Crippen LogP contribution in [-0.4, -0.2) is 60.8 Å². The first kappa shape index (κ1) is 21.4.